The molecule has 1 aromatic carbocycles. The van der Waals surface area contributed by atoms with Crippen LogP contribution >= 0.6 is 11.6 Å². The maximum absolute atomic E-state index is 6.28. The fraction of sp³-hybridized carbons (Fsp3) is 0.682. The van der Waals surface area contributed by atoms with Crippen molar-refractivity contribution < 1.29 is 0 Å². The van der Waals surface area contributed by atoms with Crippen molar-refractivity contribution in [3.63, 3.8) is 0 Å². The number of unbranched alkanes of at least 4 members (excludes halogenated alkanes) is 10. The summed E-state index contributed by atoms with van der Waals surface area (Å²) in [6.07, 6.45) is 16.2. The largest absolute Gasteiger partial charge is 0.309 e. The molecule has 0 saturated heterocycles. The lowest BCUT2D eigenvalue weighted by molar-refractivity contribution is 0.551. The van der Waals surface area contributed by atoms with Crippen LogP contribution in [0, 0.1) is 6.92 Å². The summed E-state index contributed by atoms with van der Waals surface area (Å²) >= 11 is 6.28. The Morgan fingerprint density at radius 3 is 2.19 bits per heavy atom. The van der Waals surface area contributed by atoms with Crippen molar-refractivity contribution in [2.45, 2.75) is 90.9 Å². The second-order valence-corrected chi connectivity index (χ2v) is 7.90. The monoisotopic (exact) mass is 377 g/mol. The van der Waals surface area contributed by atoms with E-state index in [9.17, 15) is 0 Å². The highest BCUT2D eigenvalue weighted by Gasteiger charge is 2.18. The molecule has 1 aliphatic heterocycles. The van der Waals surface area contributed by atoms with Crippen LogP contribution in [0.1, 0.15) is 89.5 Å². The van der Waals surface area contributed by atoms with Crippen LogP contribution in [0.25, 0.3) is 0 Å². The van der Waals surface area contributed by atoms with Crippen molar-refractivity contribution in [1.29, 1.82) is 0 Å². The lowest BCUT2D eigenvalue weighted by Gasteiger charge is -2.20. The van der Waals surface area contributed by atoms with Crippen LogP contribution in [0.15, 0.2) is 23.3 Å². The minimum atomic E-state index is 0.743. The van der Waals surface area contributed by atoms with Gasteiger partial charge in [-0.25, -0.2) is 0 Å². The number of hydrogen-bond acceptors (Lipinski definition) is 3. The molecule has 4 heteroatoms. The molecule has 146 valence electrons. The SMILES string of the molecule is CCCCCCCCCCCCCC1=NNCN1c1ccc(C)c(Cl)c1. The normalized spacial score (nSPS) is 13.8. The molecule has 0 atom stereocenters. The molecule has 0 aromatic heterocycles. The Morgan fingerprint density at radius 2 is 1.58 bits per heavy atom. The summed E-state index contributed by atoms with van der Waals surface area (Å²) in [4.78, 5) is 2.24. The number of anilines is 1. The Hall–Kier alpha value is -1.22. The van der Waals surface area contributed by atoms with Crippen LogP contribution in [0.3, 0.4) is 0 Å². The van der Waals surface area contributed by atoms with Gasteiger partial charge in [0.25, 0.3) is 0 Å². The summed E-state index contributed by atoms with van der Waals surface area (Å²) in [5, 5.41) is 5.30. The van der Waals surface area contributed by atoms with Crippen LogP contribution in [0.5, 0.6) is 0 Å². The van der Waals surface area contributed by atoms with E-state index in [2.05, 4.69) is 34.5 Å². The van der Waals surface area contributed by atoms with E-state index >= 15 is 0 Å². The summed E-state index contributed by atoms with van der Waals surface area (Å²) in [6.45, 7) is 5.06. The first-order valence-corrected chi connectivity index (χ1v) is 10.9. The minimum absolute atomic E-state index is 0.743. The van der Waals surface area contributed by atoms with Crippen LogP contribution in [0.4, 0.5) is 5.69 Å². The first kappa shape index (κ1) is 21.1. The Morgan fingerprint density at radius 1 is 0.962 bits per heavy atom. The fourth-order valence-corrected chi connectivity index (χ4v) is 3.65. The van der Waals surface area contributed by atoms with Gasteiger partial charge in [-0.1, -0.05) is 88.8 Å². The van der Waals surface area contributed by atoms with Crippen LogP contribution < -0.4 is 10.3 Å². The summed E-state index contributed by atoms with van der Waals surface area (Å²) in [5.74, 6) is 1.14. The zero-order valence-electron chi connectivity index (χ0n) is 16.7. The first-order valence-electron chi connectivity index (χ1n) is 10.6. The van der Waals surface area contributed by atoms with E-state index in [1.165, 1.54) is 70.6 Å². The molecule has 0 aliphatic carbocycles. The number of hydrogen-bond donors (Lipinski definition) is 1. The van der Waals surface area contributed by atoms with E-state index in [-0.39, 0.29) is 0 Å². The van der Waals surface area contributed by atoms with Crippen molar-refractivity contribution in [1.82, 2.24) is 5.43 Å². The Balaban J connectivity index is 1.57. The smallest absolute Gasteiger partial charge is 0.130 e. The maximum Gasteiger partial charge on any atom is 0.130 e. The average molecular weight is 378 g/mol. The molecule has 3 nitrogen and oxygen atoms in total. The molecule has 1 heterocycles. The molecule has 0 amide bonds. The van der Waals surface area contributed by atoms with Crippen molar-refractivity contribution >= 4 is 23.1 Å². The van der Waals surface area contributed by atoms with Crippen molar-refractivity contribution in [2.75, 3.05) is 11.6 Å². The van der Waals surface area contributed by atoms with E-state index in [0.717, 1.165) is 35.2 Å². The summed E-state index contributed by atoms with van der Waals surface area (Å²) in [5.41, 5.74) is 5.36. The number of amidine groups is 1. The zero-order chi connectivity index (χ0) is 18.6. The fourth-order valence-electron chi connectivity index (χ4n) is 3.48. The molecule has 0 radical (unpaired) electrons. The van der Waals surface area contributed by atoms with Gasteiger partial charge >= 0.3 is 0 Å². The molecule has 0 spiro atoms. The third-order valence-corrected chi connectivity index (χ3v) is 5.63. The minimum Gasteiger partial charge on any atom is -0.309 e. The molecule has 2 rings (SSSR count). The molecule has 0 unspecified atom stereocenters. The molecule has 1 aromatic rings. The molecular weight excluding hydrogens is 342 g/mol. The van der Waals surface area contributed by atoms with Crippen LogP contribution in [-0.4, -0.2) is 12.5 Å². The number of hydrazone groups is 1. The molecule has 0 saturated carbocycles. The average Bonchev–Trinajstić information content (AvgIpc) is 3.10. The number of nitrogens with zero attached hydrogens (tertiary/aromatic N) is 2. The van der Waals surface area contributed by atoms with Gasteiger partial charge in [0.2, 0.25) is 0 Å². The second-order valence-electron chi connectivity index (χ2n) is 7.49. The van der Waals surface area contributed by atoms with Gasteiger partial charge < -0.3 is 4.90 Å². The molecular formula is C22H36ClN3. The van der Waals surface area contributed by atoms with E-state index in [4.69, 9.17) is 11.6 Å². The molecule has 0 fully saturated rings. The van der Waals surface area contributed by atoms with E-state index in [0.29, 0.717) is 0 Å². The third-order valence-electron chi connectivity index (χ3n) is 5.22. The van der Waals surface area contributed by atoms with Gasteiger partial charge in [-0.3, -0.25) is 5.43 Å². The lowest BCUT2D eigenvalue weighted by Crippen LogP contribution is -2.29. The van der Waals surface area contributed by atoms with E-state index in [1.54, 1.807) is 0 Å². The highest BCUT2D eigenvalue weighted by Crippen LogP contribution is 2.25. The zero-order valence-corrected chi connectivity index (χ0v) is 17.5. The number of aryl methyl sites for hydroxylation is 1. The van der Waals surface area contributed by atoms with Gasteiger partial charge in [-0.15, -0.1) is 0 Å². The van der Waals surface area contributed by atoms with Crippen molar-refractivity contribution in [2.24, 2.45) is 5.10 Å². The molecule has 1 aliphatic rings. The predicted octanol–water partition coefficient (Wildman–Crippen LogP) is 7.03. The Bertz CT molecular complexity index is 556. The van der Waals surface area contributed by atoms with Gasteiger partial charge in [0.05, 0.1) is 0 Å². The lowest BCUT2D eigenvalue weighted by atomic mass is 10.0. The third kappa shape index (κ3) is 7.19. The number of benzene rings is 1. The summed E-state index contributed by atoms with van der Waals surface area (Å²) < 4.78 is 0. The quantitative estimate of drug-likeness (QED) is 0.373. The van der Waals surface area contributed by atoms with Gasteiger partial charge in [0.15, 0.2) is 0 Å². The van der Waals surface area contributed by atoms with Gasteiger partial charge in [-0.2, -0.15) is 5.10 Å². The van der Waals surface area contributed by atoms with Gasteiger partial charge in [-0.05, 0) is 31.0 Å². The number of halogens is 1. The standard InChI is InChI=1S/C22H36ClN3/c1-3-4-5-6-7-8-9-10-11-12-13-14-22-25-24-18-26(22)20-16-15-19(2)21(23)17-20/h15-17,24H,3-14,18H2,1-2H3. The topological polar surface area (TPSA) is 27.6 Å². The maximum atomic E-state index is 6.28. The van der Waals surface area contributed by atoms with E-state index in [1.807, 2.05) is 13.0 Å². The second kappa shape index (κ2) is 12.2. The first-order chi connectivity index (χ1) is 12.7. The number of nitrogens with one attached hydrogen (secondary N) is 1. The molecule has 0 bridgehead atoms. The summed E-state index contributed by atoms with van der Waals surface area (Å²) in [6, 6.07) is 6.25. The van der Waals surface area contributed by atoms with Crippen LogP contribution in [-0.2, 0) is 0 Å². The molecule has 26 heavy (non-hydrogen) atoms. The van der Waals surface area contributed by atoms with Crippen molar-refractivity contribution in [3.8, 4) is 0 Å². The Kier molecular flexibility index (Phi) is 9.91. The number of rotatable bonds is 13. The van der Waals surface area contributed by atoms with E-state index < -0.39 is 0 Å². The highest BCUT2D eigenvalue weighted by molar-refractivity contribution is 6.31. The van der Waals surface area contributed by atoms with Crippen LogP contribution in [0.2, 0.25) is 5.02 Å². The van der Waals surface area contributed by atoms with Crippen molar-refractivity contribution in [3.05, 3.63) is 28.8 Å². The summed E-state index contributed by atoms with van der Waals surface area (Å²) in [7, 11) is 0. The molecule has 1 N–H and O–H groups in total. The highest BCUT2D eigenvalue weighted by atomic mass is 35.5. The Labute approximate surface area is 165 Å². The van der Waals surface area contributed by atoms with Gasteiger partial charge in [0.1, 0.15) is 12.5 Å². The predicted molar refractivity (Wildman–Crippen MR) is 115 cm³/mol. The van der Waals surface area contributed by atoms with Gasteiger partial charge in [0, 0.05) is 17.1 Å².